The Morgan fingerprint density at radius 1 is 1.21 bits per heavy atom. The molecule has 3 aromatic rings. The van der Waals surface area contributed by atoms with Gasteiger partial charge in [0.2, 0.25) is 0 Å². The Bertz CT molecular complexity index is 1520. The molecule has 2 saturated carbocycles. The van der Waals surface area contributed by atoms with Crippen LogP contribution in [-0.2, 0) is 5.44 Å². The number of hydrogen-bond donors (Lipinski definition) is 4. The molecule has 6 rings (SSSR count). The standard InChI is InChI=1S/C29H30BClFN7/c1-27(2,3)28(10-11-28)36-25-17(14-33)15-34-26-22(25)12-20(13-23(26)31)35-29(30,18-4-6-19(32)7-5-18)24-16-39(38-37-24)21-8-9-21/h4-7,12-13,15-16,21,35,37-38H,8-11H2,1-3H3,(H,34,36). The maximum atomic E-state index is 13.9. The highest BCUT2D eigenvalue weighted by Gasteiger charge is 2.52. The summed E-state index contributed by atoms with van der Waals surface area (Å²) in [5.41, 5.74) is 8.70. The zero-order chi connectivity index (χ0) is 27.6. The van der Waals surface area contributed by atoms with Crippen LogP contribution in [0.25, 0.3) is 10.9 Å². The number of fused-ring (bicyclic) bond motifs is 1. The fourth-order valence-electron chi connectivity index (χ4n) is 5.29. The molecule has 2 aromatic carbocycles. The third-order valence-electron chi connectivity index (χ3n) is 8.19. The van der Waals surface area contributed by atoms with Gasteiger partial charge in [-0.1, -0.05) is 44.5 Å². The first-order valence-corrected chi connectivity index (χ1v) is 13.6. The fourth-order valence-corrected chi connectivity index (χ4v) is 5.56. The second kappa shape index (κ2) is 9.04. The number of benzene rings is 2. The molecule has 4 N–H and O–H groups in total. The van der Waals surface area contributed by atoms with Crippen LogP contribution in [0.4, 0.5) is 15.8 Å². The van der Waals surface area contributed by atoms with Crippen LogP contribution in [0, 0.1) is 22.6 Å². The average molecular weight is 542 g/mol. The van der Waals surface area contributed by atoms with Crippen molar-refractivity contribution in [2.75, 3.05) is 10.6 Å². The molecule has 1 aliphatic heterocycles. The first-order chi connectivity index (χ1) is 18.5. The van der Waals surface area contributed by atoms with Gasteiger partial charge in [-0.05, 0) is 60.9 Å². The van der Waals surface area contributed by atoms with Gasteiger partial charge in [0.15, 0.2) is 0 Å². The Hall–Kier alpha value is -3.48. The quantitative estimate of drug-likeness (QED) is 0.287. The van der Waals surface area contributed by atoms with E-state index in [4.69, 9.17) is 19.4 Å². The molecule has 0 amide bonds. The second-order valence-corrected chi connectivity index (χ2v) is 12.2. The van der Waals surface area contributed by atoms with Crippen molar-refractivity contribution in [3.05, 3.63) is 76.5 Å². The number of nitriles is 1. The lowest BCUT2D eigenvalue weighted by Gasteiger charge is -2.35. The van der Waals surface area contributed by atoms with Crippen molar-refractivity contribution < 1.29 is 4.39 Å². The predicted molar refractivity (Wildman–Crippen MR) is 153 cm³/mol. The first kappa shape index (κ1) is 25.8. The van der Waals surface area contributed by atoms with Crippen molar-refractivity contribution in [1.82, 2.24) is 21.0 Å². The number of hydrogen-bond acceptors (Lipinski definition) is 7. The lowest BCUT2D eigenvalue weighted by Crippen LogP contribution is -2.45. The van der Waals surface area contributed by atoms with Crippen molar-refractivity contribution in [3.8, 4) is 6.07 Å². The number of pyridine rings is 1. The molecule has 0 bridgehead atoms. The fraction of sp³-hybridized carbons (Fsp3) is 0.379. The summed E-state index contributed by atoms with van der Waals surface area (Å²) in [7, 11) is 7.09. The Morgan fingerprint density at radius 2 is 1.92 bits per heavy atom. The summed E-state index contributed by atoms with van der Waals surface area (Å²) < 4.78 is 13.9. The third-order valence-corrected chi connectivity index (χ3v) is 8.48. The molecule has 1 aromatic heterocycles. The second-order valence-electron chi connectivity index (χ2n) is 11.8. The summed E-state index contributed by atoms with van der Waals surface area (Å²) in [5, 5.41) is 20.3. The maximum Gasteiger partial charge on any atom is 0.123 e. The molecule has 2 aliphatic carbocycles. The van der Waals surface area contributed by atoms with Gasteiger partial charge in [-0.3, -0.25) is 9.99 Å². The van der Waals surface area contributed by atoms with Gasteiger partial charge in [-0.2, -0.15) is 5.26 Å². The average Bonchev–Trinajstić information content (AvgIpc) is 3.83. The molecule has 2 fully saturated rings. The Balaban J connectivity index is 1.45. The van der Waals surface area contributed by atoms with Gasteiger partial charge in [0, 0.05) is 35.1 Å². The van der Waals surface area contributed by atoms with Crippen LogP contribution in [0.3, 0.4) is 0 Å². The highest BCUT2D eigenvalue weighted by Crippen LogP contribution is 2.53. The summed E-state index contributed by atoms with van der Waals surface area (Å²) in [6.07, 6.45) is 7.73. The van der Waals surface area contributed by atoms with E-state index in [1.807, 2.05) is 17.3 Å². The molecule has 2 radical (unpaired) electrons. The molecule has 2 heterocycles. The van der Waals surface area contributed by atoms with E-state index < -0.39 is 5.44 Å². The molecule has 10 heteroatoms. The van der Waals surface area contributed by atoms with Gasteiger partial charge in [-0.25, -0.2) is 4.39 Å². The number of hydrazine groups is 2. The Morgan fingerprint density at radius 3 is 2.54 bits per heavy atom. The van der Waals surface area contributed by atoms with Crippen LogP contribution < -0.4 is 21.6 Å². The number of anilines is 2. The number of nitrogens with zero attached hydrogens (tertiary/aromatic N) is 3. The van der Waals surface area contributed by atoms with E-state index in [0.29, 0.717) is 44.8 Å². The summed E-state index contributed by atoms with van der Waals surface area (Å²) >= 11 is 6.78. The Kier molecular flexibility index (Phi) is 5.98. The van der Waals surface area contributed by atoms with Crippen molar-refractivity contribution in [2.24, 2.45) is 5.41 Å². The smallest absolute Gasteiger partial charge is 0.123 e. The van der Waals surface area contributed by atoms with Gasteiger partial charge < -0.3 is 16.1 Å². The van der Waals surface area contributed by atoms with Crippen LogP contribution in [-0.4, -0.2) is 29.4 Å². The molecule has 1 atom stereocenters. The van der Waals surface area contributed by atoms with Crippen LogP contribution in [0.5, 0.6) is 0 Å². The molecule has 39 heavy (non-hydrogen) atoms. The van der Waals surface area contributed by atoms with Crippen molar-refractivity contribution in [2.45, 2.75) is 63.5 Å². The molecule has 7 nitrogen and oxygen atoms in total. The highest BCUT2D eigenvalue weighted by molar-refractivity contribution is 6.36. The molecule has 0 spiro atoms. The van der Waals surface area contributed by atoms with Gasteiger partial charge in [0.05, 0.1) is 32.9 Å². The van der Waals surface area contributed by atoms with E-state index in [-0.39, 0.29) is 16.8 Å². The predicted octanol–water partition coefficient (Wildman–Crippen LogP) is 5.65. The minimum absolute atomic E-state index is 0.00891. The lowest BCUT2D eigenvalue weighted by atomic mass is 9.69. The molecule has 0 saturated heterocycles. The van der Waals surface area contributed by atoms with Gasteiger partial charge in [-0.15, -0.1) is 5.53 Å². The summed E-state index contributed by atoms with van der Waals surface area (Å²) in [6, 6.07) is 12.5. The van der Waals surface area contributed by atoms with Gasteiger partial charge in [0.25, 0.3) is 0 Å². The normalized spacial score (nSPS) is 19.6. The number of aromatic nitrogens is 1. The van der Waals surface area contributed by atoms with Crippen LogP contribution in [0.2, 0.25) is 5.02 Å². The van der Waals surface area contributed by atoms with E-state index in [2.05, 4.69) is 53.4 Å². The number of nitrogens with one attached hydrogen (secondary N) is 4. The zero-order valence-corrected chi connectivity index (χ0v) is 23.0. The van der Waals surface area contributed by atoms with Crippen LogP contribution >= 0.6 is 11.6 Å². The summed E-state index contributed by atoms with van der Waals surface area (Å²) in [6.45, 7) is 6.61. The van der Waals surface area contributed by atoms with E-state index in [0.717, 1.165) is 31.1 Å². The molecule has 3 aliphatic rings. The molecular formula is C29H30BClFN7. The molecule has 1 unspecified atom stereocenters. The molecular weight excluding hydrogens is 512 g/mol. The largest absolute Gasteiger partial charge is 0.378 e. The summed E-state index contributed by atoms with van der Waals surface area (Å²) in [4.78, 5) is 4.51. The monoisotopic (exact) mass is 541 g/mol. The van der Waals surface area contributed by atoms with Crippen molar-refractivity contribution in [1.29, 1.82) is 5.26 Å². The Labute approximate surface area is 234 Å². The van der Waals surface area contributed by atoms with Crippen molar-refractivity contribution >= 4 is 41.7 Å². The zero-order valence-electron chi connectivity index (χ0n) is 22.2. The van der Waals surface area contributed by atoms with Gasteiger partial charge >= 0.3 is 0 Å². The third kappa shape index (κ3) is 4.56. The topological polar surface area (TPSA) is 88.0 Å². The van der Waals surface area contributed by atoms with Crippen LogP contribution in [0.1, 0.15) is 57.6 Å². The molecule has 198 valence electrons. The van der Waals surface area contributed by atoms with E-state index in [1.165, 1.54) is 12.1 Å². The van der Waals surface area contributed by atoms with E-state index in [1.54, 1.807) is 24.4 Å². The minimum Gasteiger partial charge on any atom is -0.378 e. The van der Waals surface area contributed by atoms with E-state index in [9.17, 15) is 9.65 Å². The maximum absolute atomic E-state index is 13.9. The first-order valence-electron chi connectivity index (χ1n) is 13.2. The number of halogens is 2. The van der Waals surface area contributed by atoms with Gasteiger partial charge in [0.1, 0.15) is 19.7 Å². The highest BCUT2D eigenvalue weighted by atomic mass is 35.5. The van der Waals surface area contributed by atoms with E-state index >= 15 is 0 Å². The SMILES string of the molecule is [B]C(Nc1cc(Cl)c2ncc(C#N)c(NC3(C(C)(C)C)CC3)c2c1)(C1=CN(C2CC2)NN1)c1ccc(F)cc1. The van der Waals surface area contributed by atoms with Crippen LogP contribution in [0.15, 0.2) is 54.5 Å². The lowest BCUT2D eigenvalue weighted by molar-refractivity contribution is 0.260. The number of rotatable bonds is 7. The summed E-state index contributed by atoms with van der Waals surface area (Å²) in [5.74, 6) is -0.348. The van der Waals surface area contributed by atoms with Crippen molar-refractivity contribution in [3.63, 3.8) is 0 Å². The minimum atomic E-state index is -1.25.